The molecule has 0 aliphatic rings. The van der Waals surface area contributed by atoms with E-state index in [0.717, 1.165) is 16.2 Å². The summed E-state index contributed by atoms with van der Waals surface area (Å²) in [5.41, 5.74) is 1.83. The lowest BCUT2D eigenvalue weighted by Crippen LogP contribution is -2.18. The molecule has 0 aliphatic heterocycles. The summed E-state index contributed by atoms with van der Waals surface area (Å²) in [7, 11) is 0. The molecule has 4 aromatic rings. The van der Waals surface area contributed by atoms with Gasteiger partial charge >= 0.3 is 5.97 Å². The molecule has 0 aliphatic carbocycles. The molecule has 7 heteroatoms. The molecule has 2 aromatic heterocycles. The van der Waals surface area contributed by atoms with Crippen LogP contribution in [0, 0.1) is 13.8 Å². The van der Waals surface area contributed by atoms with E-state index in [1.54, 1.807) is 19.1 Å². The second-order valence-corrected chi connectivity index (χ2v) is 8.42. The summed E-state index contributed by atoms with van der Waals surface area (Å²) < 4.78 is 11.4. The minimum absolute atomic E-state index is 0.221. The van der Waals surface area contributed by atoms with Gasteiger partial charge in [0.2, 0.25) is 0 Å². The van der Waals surface area contributed by atoms with E-state index < -0.39 is 12.1 Å². The summed E-state index contributed by atoms with van der Waals surface area (Å²) in [6, 6.07) is 16.5. The van der Waals surface area contributed by atoms with Gasteiger partial charge in [-0.05, 0) is 44.5 Å². The van der Waals surface area contributed by atoms with Gasteiger partial charge in [-0.1, -0.05) is 36.4 Å². The van der Waals surface area contributed by atoms with Crippen LogP contribution in [0.15, 0.2) is 59.4 Å². The van der Waals surface area contributed by atoms with Crippen LogP contribution in [0.3, 0.4) is 0 Å². The number of hydrogen-bond donors (Lipinski definition) is 1. The Hall–Kier alpha value is -3.45. The highest BCUT2D eigenvalue weighted by molar-refractivity contribution is 7.18. The maximum absolute atomic E-state index is 12.9. The Morgan fingerprint density at radius 2 is 1.81 bits per heavy atom. The molecule has 0 fully saturated rings. The van der Waals surface area contributed by atoms with Crippen molar-refractivity contribution in [2.24, 2.45) is 0 Å². The Morgan fingerprint density at radius 1 is 1.10 bits per heavy atom. The van der Waals surface area contributed by atoms with Crippen LogP contribution < -0.4 is 10.3 Å². The van der Waals surface area contributed by atoms with E-state index in [2.05, 4.69) is 9.97 Å². The number of aromatic amines is 1. The van der Waals surface area contributed by atoms with E-state index in [0.29, 0.717) is 27.2 Å². The zero-order chi connectivity index (χ0) is 22.0. The molecule has 1 atom stereocenters. The van der Waals surface area contributed by atoms with Crippen LogP contribution in [-0.4, -0.2) is 15.9 Å². The summed E-state index contributed by atoms with van der Waals surface area (Å²) in [4.78, 5) is 34.4. The van der Waals surface area contributed by atoms with Crippen molar-refractivity contribution in [1.82, 2.24) is 9.97 Å². The third-order valence-electron chi connectivity index (χ3n) is 5.10. The van der Waals surface area contributed by atoms with Crippen molar-refractivity contribution in [3.63, 3.8) is 0 Å². The number of aryl methyl sites for hydroxylation is 2. The summed E-state index contributed by atoms with van der Waals surface area (Å²) in [5.74, 6) is 0.543. The predicted octanol–water partition coefficient (Wildman–Crippen LogP) is 5.10. The molecular formula is C24H22N2O4S. The van der Waals surface area contributed by atoms with Crippen molar-refractivity contribution in [2.75, 3.05) is 0 Å². The number of ether oxygens (including phenoxy) is 2. The normalized spacial score (nSPS) is 12.0. The summed E-state index contributed by atoms with van der Waals surface area (Å²) >= 11 is 1.46. The van der Waals surface area contributed by atoms with E-state index in [-0.39, 0.29) is 12.2 Å². The fourth-order valence-electron chi connectivity index (χ4n) is 3.27. The number of carbonyl (C=O) groups excluding carboxylic acids is 1. The first-order valence-electron chi connectivity index (χ1n) is 9.90. The number of para-hydroxylation sites is 1. The zero-order valence-electron chi connectivity index (χ0n) is 17.5. The number of fused-ring (bicyclic) bond motifs is 1. The van der Waals surface area contributed by atoms with Crippen LogP contribution in [0.25, 0.3) is 10.2 Å². The zero-order valence-corrected chi connectivity index (χ0v) is 18.3. The van der Waals surface area contributed by atoms with Crippen LogP contribution in [0.5, 0.6) is 5.75 Å². The molecule has 6 nitrogen and oxygen atoms in total. The monoisotopic (exact) mass is 434 g/mol. The van der Waals surface area contributed by atoms with Crippen molar-refractivity contribution < 1.29 is 14.3 Å². The molecule has 1 N–H and O–H groups in total. The molecule has 2 heterocycles. The Kier molecular flexibility index (Phi) is 5.86. The van der Waals surface area contributed by atoms with Crippen LogP contribution in [0.4, 0.5) is 0 Å². The smallest absolute Gasteiger partial charge is 0.339 e. The summed E-state index contributed by atoms with van der Waals surface area (Å²) in [6.07, 6.45) is -0.713. The first-order valence-corrected chi connectivity index (χ1v) is 10.7. The van der Waals surface area contributed by atoms with E-state index in [4.69, 9.17) is 9.47 Å². The highest BCUT2D eigenvalue weighted by atomic mass is 32.1. The number of rotatable bonds is 6. The number of nitrogens with one attached hydrogen (secondary N) is 1. The third kappa shape index (κ3) is 4.36. The van der Waals surface area contributed by atoms with Gasteiger partial charge in [0.1, 0.15) is 17.2 Å². The average molecular weight is 435 g/mol. The average Bonchev–Trinajstić information content (AvgIpc) is 3.07. The lowest BCUT2D eigenvalue weighted by atomic mass is 10.1. The number of nitrogens with zero attached hydrogens (tertiary/aromatic N) is 1. The molecule has 31 heavy (non-hydrogen) atoms. The number of H-pyrrole nitrogens is 1. The largest absolute Gasteiger partial charge is 0.489 e. The lowest BCUT2D eigenvalue weighted by Gasteiger charge is -2.15. The van der Waals surface area contributed by atoms with Crippen molar-refractivity contribution in [1.29, 1.82) is 0 Å². The first kappa shape index (κ1) is 20.8. The van der Waals surface area contributed by atoms with E-state index in [9.17, 15) is 9.59 Å². The quantitative estimate of drug-likeness (QED) is 0.427. The number of thiophene rings is 1. The third-order valence-corrected chi connectivity index (χ3v) is 6.20. The van der Waals surface area contributed by atoms with Gasteiger partial charge in [0.05, 0.1) is 10.9 Å². The number of aromatic nitrogens is 2. The van der Waals surface area contributed by atoms with Crippen LogP contribution in [-0.2, 0) is 11.3 Å². The van der Waals surface area contributed by atoms with Gasteiger partial charge in [0.25, 0.3) is 5.56 Å². The van der Waals surface area contributed by atoms with Crippen LogP contribution in [0.2, 0.25) is 0 Å². The maximum atomic E-state index is 12.9. The van der Waals surface area contributed by atoms with Crippen molar-refractivity contribution in [2.45, 2.75) is 33.5 Å². The number of benzene rings is 2. The number of esters is 1. The molecule has 0 radical (unpaired) electrons. The lowest BCUT2D eigenvalue weighted by molar-refractivity contribution is 0.0317. The van der Waals surface area contributed by atoms with Gasteiger partial charge in [0, 0.05) is 10.4 Å². The molecule has 158 valence electrons. The molecular weight excluding hydrogens is 412 g/mol. The number of carbonyl (C=O) groups is 1. The van der Waals surface area contributed by atoms with Crippen molar-refractivity contribution in [3.05, 3.63) is 92.3 Å². The molecule has 1 unspecified atom stereocenters. The van der Waals surface area contributed by atoms with Crippen LogP contribution >= 0.6 is 11.3 Å². The fraction of sp³-hybridized carbons (Fsp3) is 0.208. The Morgan fingerprint density at radius 3 is 2.58 bits per heavy atom. The van der Waals surface area contributed by atoms with Gasteiger partial charge in [0.15, 0.2) is 11.9 Å². The van der Waals surface area contributed by atoms with Gasteiger partial charge in [-0.2, -0.15) is 0 Å². The van der Waals surface area contributed by atoms with E-state index >= 15 is 0 Å². The maximum Gasteiger partial charge on any atom is 0.339 e. The second-order valence-electron chi connectivity index (χ2n) is 7.22. The highest BCUT2D eigenvalue weighted by Gasteiger charge is 2.20. The Balaban J connectivity index is 1.53. The molecule has 0 spiro atoms. The SMILES string of the molecule is Cc1sc2nc(C(C)OC(=O)c3ccccc3COc3ccccc3)[nH]c(=O)c2c1C. The molecule has 0 saturated carbocycles. The van der Waals surface area contributed by atoms with Crippen LogP contribution in [0.1, 0.15) is 45.2 Å². The summed E-state index contributed by atoms with van der Waals surface area (Å²) in [6.45, 7) is 5.79. The van der Waals surface area contributed by atoms with Gasteiger partial charge < -0.3 is 14.5 Å². The van der Waals surface area contributed by atoms with Crippen molar-refractivity contribution >= 4 is 27.5 Å². The topological polar surface area (TPSA) is 81.3 Å². The predicted molar refractivity (Wildman–Crippen MR) is 121 cm³/mol. The molecule has 0 amide bonds. The highest BCUT2D eigenvalue weighted by Crippen LogP contribution is 2.27. The van der Waals surface area contributed by atoms with Gasteiger partial charge in [-0.25, -0.2) is 9.78 Å². The minimum atomic E-state index is -0.713. The molecule has 4 rings (SSSR count). The molecule has 0 saturated heterocycles. The summed E-state index contributed by atoms with van der Waals surface area (Å²) in [5, 5.41) is 0.591. The Bertz CT molecular complexity index is 1290. The molecule has 0 bridgehead atoms. The minimum Gasteiger partial charge on any atom is -0.489 e. The fourth-order valence-corrected chi connectivity index (χ4v) is 4.30. The Labute approximate surface area is 183 Å². The van der Waals surface area contributed by atoms with Crippen molar-refractivity contribution in [3.8, 4) is 5.75 Å². The van der Waals surface area contributed by atoms with E-state index in [1.165, 1.54) is 11.3 Å². The number of hydrogen-bond acceptors (Lipinski definition) is 6. The first-order chi connectivity index (χ1) is 14.9. The van der Waals surface area contributed by atoms with Gasteiger partial charge in [-0.15, -0.1) is 11.3 Å². The van der Waals surface area contributed by atoms with E-state index in [1.807, 2.05) is 56.3 Å². The van der Waals surface area contributed by atoms with Gasteiger partial charge in [-0.3, -0.25) is 4.79 Å². The molecule has 2 aromatic carbocycles. The second kappa shape index (κ2) is 8.73. The standard InChI is InChI=1S/C24H22N2O4S/c1-14-16(3)31-23-20(14)22(27)25-21(26-23)15(2)30-24(28)19-12-8-7-9-17(19)13-29-18-10-5-4-6-11-18/h4-12,15H,13H2,1-3H3,(H,25,26,27).